The highest BCUT2D eigenvalue weighted by Gasteiger charge is 2.26. The van der Waals surface area contributed by atoms with E-state index in [-0.39, 0.29) is 17.9 Å². The average Bonchev–Trinajstić information content (AvgIpc) is 3.51. The van der Waals surface area contributed by atoms with Crippen molar-refractivity contribution in [1.29, 1.82) is 0 Å². The fourth-order valence-corrected chi connectivity index (χ4v) is 5.82. The first kappa shape index (κ1) is 24.7. The monoisotopic (exact) mass is 507 g/mol. The second-order valence-corrected chi connectivity index (χ2v) is 10.7. The molecule has 0 spiro atoms. The third kappa shape index (κ3) is 5.69. The Bertz CT molecular complexity index is 1210. The highest BCUT2D eigenvalue weighted by atomic mass is 32.2. The van der Waals surface area contributed by atoms with Gasteiger partial charge in [0.1, 0.15) is 0 Å². The SMILES string of the molecule is CC(=O)NC1CCN(c2ccc(SN(C)CC(=O)N3CCOCC3)cc2-c2cc3ccccc3[nH]2)C1. The van der Waals surface area contributed by atoms with Crippen LogP contribution in [-0.2, 0) is 14.3 Å². The van der Waals surface area contributed by atoms with Gasteiger partial charge in [0.15, 0.2) is 0 Å². The molecule has 0 aliphatic carbocycles. The van der Waals surface area contributed by atoms with Gasteiger partial charge in [0.25, 0.3) is 0 Å². The Morgan fingerprint density at radius 2 is 1.94 bits per heavy atom. The molecule has 8 nitrogen and oxygen atoms in total. The van der Waals surface area contributed by atoms with Gasteiger partial charge in [0.2, 0.25) is 11.8 Å². The average molecular weight is 508 g/mol. The molecule has 36 heavy (non-hydrogen) atoms. The number of hydrogen-bond donors (Lipinski definition) is 2. The van der Waals surface area contributed by atoms with E-state index in [1.54, 1.807) is 18.9 Å². The maximum absolute atomic E-state index is 12.7. The van der Waals surface area contributed by atoms with Crippen molar-refractivity contribution in [1.82, 2.24) is 19.5 Å². The maximum atomic E-state index is 12.7. The van der Waals surface area contributed by atoms with E-state index in [2.05, 4.69) is 51.6 Å². The van der Waals surface area contributed by atoms with Crippen molar-refractivity contribution in [3.8, 4) is 11.3 Å². The van der Waals surface area contributed by atoms with Gasteiger partial charge in [-0.1, -0.05) is 18.2 Å². The molecular formula is C27H33N5O3S. The largest absolute Gasteiger partial charge is 0.378 e. The molecule has 2 saturated heterocycles. The van der Waals surface area contributed by atoms with E-state index < -0.39 is 0 Å². The van der Waals surface area contributed by atoms with Gasteiger partial charge in [-0.3, -0.25) is 9.59 Å². The minimum absolute atomic E-state index is 0.0131. The van der Waals surface area contributed by atoms with Gasteiger partial charge in [0.05, 0.1) is 19.8 Å². The van der Waals surface area contributed by atoms with E-state index in [0.717, 1.165) is 46.9 Å². The van der Waals surface area contributed by atoms with Crippen LogP contribution >= 0.6 is 11.9 Å². The summed E-state index contributed by atoms with van der Waals surface area (Å²) in [6.45, 7) is 6.13. The molecule has 2 fully saturated rings. The zero-order chi connectivity index (χ0) is 25.1. The molecular weight excluding hydrogens is 474 g/mol. The minimum Gasteiger partial charge on any atom is -0.378 e. The zero-order valence-electron chi connectivity index (χ0n) is 20.8. The zero-order valence-corrected chi connectivity index (χ0v) is 21.6. The number of carbonyl (C=O) groups excluding carboxylic acids is 2. The highest BCUT2D eigenvalue weighted by molar-refractivity contribution is 7.97. The molecule has 0 bridgehead atoms. The summed E-state index contributed by atoms with van der Waals surface area (Å²) in [6.07, 6.45) is 0.925. The number of nitrogens with one attached hydrogen (secondary N) is 2. The summed E-state index contributed by atoms with van der Waals surface area (Å²) in [7, 11) is 1.96. The van der Waals surface area contributed by atoms with Gasteiger partial charge in [-0.15, -0.1) is 0 Å². The van der Waals surface area contributed by atoms with Crippen molar-refractivity contribution < 1.29 is 14.3 Å². The lowest BCUT2D eigenvalue weighted by Crippen LogP contribution is -2.44. The van der Waals surface area contributed by atoms with Gasteiger partial charge in [-0.25, -0.2) is 4.31 Å². The summed E-state index contributed by atoms with van der Waals surface area (Å²) >= 11 is 1.58. The number of rotatable bonds is 7. The number of benzene rings is 2. The quantitative estimate of drug-likeness (QED) is 0.478. The second-order valence-electron chi connectivity index (χ2n) is 9.45. The van der Waals surface area contributed by atoms with E-state index in [1.807, 2.05) is 28.4 Å². The molecule has 2 aliphatic heterocycles. The molecule has 2 aromatic carbocycles. The molecule has 1 unspecified atom stereocenters. The van der Waals surface area contributed by atoms with E-state index in [0.29, 0.717) is 32.8 Å². The summed E-state index contributed by atoms with van der Waals surface area (Å²) in [6, 6.07) is 17.1. The molecule has 2 amide bonds. The Hall–Kier alpha value is -3.01. The number of H-pyrrole nitrogens is 1. The van der Waals surface area contributed by atoms with Crippen molar-refractivity contribution in [3.05, 3.63) is 48.5 Å². The lowest BCUT2D eigenvalue weighted by molar-refractivity contribution is -0.135. The van der Waals surface area contributed by atoms with Crippen LogP contribution in [0, 0.1) is 0 Å². The lowest BCUT2D eigenvalue weighted by Gasteiger charge is -2.28. The third-order valence-electron chi connectivity index (χ3n) is 6.71. The van der Waals surface area contributed by atoms with Crippen molar-refractivity contribution >= 4 is 40.4 Å². The number of para-hydroxylation sites is 1. The number of morpholine rings is 1. The van der Waals surface area contributed by atoms with E-state index in [4.69, 9.17) is 4.74 Å². The van der Waals surface area contributed by atoms with Crippen molar-refractivity contribution in [2.24, 2.45) is 0 Å². The Balaban J connectivity index is 1.38. The van der Waals surface area contributed by atoms with E-state index in [9.17, 15) is 9.59 Å². The smallest absolute Gasteiger partial charge is 0.237 e. The second kappa shape index (κ2) is 10.9. The van der Waals surface area contributed by atoms with Gasteiger partial charge >= 0.3 is 0 Å². The number of fused-ring (bicyclic) bond motifs is 1. The predicted molar refractivity (Wildman–Crippen MR) is 144 cm³/mol. The Kier molecular flexibility index (Phi) is 7.50. The molecule has 3 heterocycles. The summed E-state index contributed by atoms with van der Waals surface area (Å²) < 4.78 is 7.36. The first-order valence-corrected chi connectivity index (χ1v) is 13.2. The lowest BCUT2D eigenvalue weighted by atomic mass is 10.1. The van der Waals surface area contributed by atoms with Gasteiger partial charge < -0.3 is 24.8 Å². The van der Waals surface area contributed by atoms with Crippen molar-refractivity contribution in [2.75, 3.05) is 57.9 Å². The number of aromatic amines is 1. The number of carbonyl (C=O) groups is 2. The number of amides is 2. The molecule has 2 N–H and O–H groups in total. The molecule has 190 valence electrons. The first-order valence-electron chi connectivity index (χ1n) is 12.4. The molecule has 3 aromatic rings. The van der Waals surface area contributed by atoms with Gasteiger partial charge in [-0.05, 0) is 55.7 Å². The summed E-state index contributed by atoms with van der Waals surface area (Å²) in [5.41, 5.74) is 4.42. The highest BCUT2D eigenvalue weighted by Crippen LogP contribution is 2.37. The minimum atomic E-state index is 0.0131. The Labute approximate surface area is 216 Å². The number of anilines is 1. The van der Waals surface area contributed by atoms with E-state index >= 15 is 0 Å². The van der Waals surface area contributed by atoms with Crippen LogP contribution in [0.25, 0.3) is 22.2 Å². The standard InChI is InChI=1S/C27H33N5O3S/c1-19(33)28-21-9-10-32(17-21)26-8-7-22(36-30(2)18-27(34)31-11-13-35-14-12-31)16-23(26)25-15-20-5-3-4-6-24(20)29-25/h3-8,15-16,21,29H,9-14,17-18H2,1-2H3,(H,28,33). The summed E-state index contributed by atoms with van der Waals surface area (Å²) in [4.78, 5) is 33.2. The number of aromatic nitrogens is 1. The van der Waals surface area contributed by atoms with Crippen LogP contribution in [0.3, 0.4) is 0 Å². The van der Waals surface area contributed by atoms with Crippen LogP contribution in [0.1, 0.15) is 13.3 Å². The maximum Gasteiger partial charge on any atom is 0.237 e. The van der Waals surface area contributed by atoms with Gasteiger partial charge in [-0.2, -0.15) is 0 Å². The Morgan fingerprint density at radius 3 is 2.72 bits per heavy atom. The number of likely N-dealkylation sites (N-methyl/N-ethyl adjacent to an activating group) is 1. The van der Waals surface area contributed by atoms with Crippen LogP contribution in [0.4, 0.5) is 5.69 Å². The van der Waals surface area contributed by atoms with Crippen LogP contribution in [-0.4, -0.2) is 85.0 Å². The normalized spacial score (nSPS) is 18.2. The predicted octanol–water partition coefficient (Wildman–Crippen LogP) is 3.35. The first-order chi connectivity index (χ1) is 17.5. The fraction of sp³-hybridized carbons (Fsp3) is 0.407. The van der Waals surface area contributed by atoms with Crippen LogP contribution in [0.5, 0.6) is 0 Å². The number of ether oxygens (including phenoxy) is 1. The van der Waals surface area contributed by atoms with Crippen LogP contribution in [0.15, 0.2) is 53.4 Å². The molecule has 0 saturated carbocycles. The number of hydrogen-bond acceptors (Lipinski definition) is 6. The third-order valence-corrected chi connectivity index (χ3v) is 7.61. The molecule has 1 atom stereocenters. The summed E-state index contributed by atoms with van der Waals surface area (Å²) in [5.74, 6) is 0.140. The van der Waals surface area contributed by atoms with Crippen molar-refractivity contribution in [3.63, 3.8) is 0 Å². The van der Waals surface area contributed by atoms with Crippen molar-refractivity contribution in [2.45, 2.75) is 24.3 Å². The number of nitrogens with zero attached hydrogens (tertiary/aromatic N) is 3. The topological polar surface area (TPSA) is 80.9 Å². The van der Waals surface area contributed by atoms with Crippen LogP contribution in [0.2, 0.25) is 0 Å². The van der Waals surface area contributed by atoms with Gasteiger partial charge in [0, 0.05) is 71.9 Å². The molecule has 5 rings (SSSR count). The molecule has 2 aliphatic rings. The van der Waals surface area contributed by atoms with Crippen LogP contribution < -0.4 is 10.2 Å². The molecule has 1 aromatic heterocycles. The molecule has 0 radical (unpaired) electrons. The molecule has 9 heteroatoms. The fourth-order valence-electron chi connectivity index (χ4n) is 4.98. The van der Waals surface area contributed by atoms with E-state index in [1.165, 1.54) is 5.39 Å². The summed E-state index contributed by atoms with van der Waals surface area (Å²) in [5, 5.41) is 4.23. The Morgan fingerprint density at radius 1 is 1.14 bits per heavy atom.